The zero-order valence-corrected chi connectivity index (χ0v) is 9.49. The summed E-state index contributed by atoms with van der Waals surface area (Å²) >= 11 is 4.72. The van der Waals surface area contributed by atoms with Crippen molar-refractivity contribution in [2.45, 2.75) is 24.5 Å². The molecular formula is C8H12N4O4S. The standard InChI is InChI=1S/C8H12N4O4S/c9-7(17)3-1-12(11-10-3)8-6(15)5(14)4(2-13)16-8/h1,4-6,8,13-15H,2H2,(H2,9,17)/t4-,5-,6-,8-/m1/s1. The Morgan fingerprint density at radius 2 is 2.24 bits per heavy atom. The van der Waals surface area contributed by atoms with E-state index in [4.69, 9.17) is 27.8 Å². The fraction of sp³-hybridized carbons (Fsp3) is 0.625. The van der Waals surface area contributed by atoms with Crippen LogP contribution in [-0.2, 0) is 4.74 Å². The highest BCUT2D eigenvalue weighted by Gasteiger charge is 2.43. The Kier molecular flexibility index (Phi) is 3.35. The topological polar surface area (TPSA) is 127 Å². The smallest absolute Gasteiger partial charge is 0.180 e. The highest BCUT2D eigenvalue weighted by molar-refractivity contribution is 7.80. The second kappa shape index (κ2) is 4.63. The zero-order chi connectivity index (χ0) is 12.6. The Balaban J connectivity index is 2.19. The summed E-state index contributed by atoms with van der Waals surface area (Å²) in [5.41, 5.74) is 5.65. The summed E-state index contributed by atoms with van der Waals surface area (Å²) in [7, 11) is 0. The lowest BCUT2D eigenvalue weighted by atomic mass is 10.1. The van der Waals surface area contributed by atoms with Crippen LogP contribution in [0.2, 0.25) is 0 Å². The molecule has 1 aliphatic heterocycles. The average molecular weight is 260 g/mol. The van der Waals surface area contributed by atoms with Gasteiger partial charge in [0.15, 0.2) is 6.23 Å². The lowest BCUT2D eigenvalue weighted by Crippen LogP contribution is -2.33. The van der Waals surface area contributed by atoms with Crippen molar-refractivity contribution >= 4 is 17.2 Å². The average Bonchev–Trinajstić information content (AvgIpc) is 2.87. The van der Waals surface area contributed by atoms with Gasteiger partial charge in [-0.2, -0.15) is 0 Å². The number of aliphatic hydroxyl groups excluding tert-OH is 3. The van der Waals surface area contributed by atoms with Crippen molar-refractivity contribution in [3.05, 3.63) is 11.9 Å². The molecule has 0 saturated carbocycles. The minimum atomic E-state index is -1.20. The monoisotopic (exact) mass is 260 g/mol. The number of aliphatic hydroxyl groups is 3. The fourth-order valence-electron chi connectivity index (χ4n) is 1.61. The van der Waals surface area contributed by atoms with E-state index >= 15 is 0 Å². The molecule has 0 aliphatic carbocycles. The first-order valence-corrected chi connectivity index (χ1v) is 5.29. The van der Waals surface area contributed by atoms with Gasteiger partial charge in [0.05, 0.1) is 12.8 Å². The first-order chi connectivity index (χ1) is 8.04. The van der Waals surface area contributed by atoms with E-state index < -0.39 is 31.1 Å². The molecule has 1 aliphatic rings. The molecule has 0 radical (unpaired) electrons. The molecule has 94 valence electrons. The van der Waals surface area contributed by atoms with Crippen LogP contribution in [0, 0.1) is 0 Å². The van der Waals surface area contributed by atoms with Gasteiger partial charge in [-0.25, -0.2) is 4.68 Å². The predicted molar refractivity (Wildman–Crippen MR) is 58.9 cm³/mol. The van der Waals surface area contributed by atoms with Crippen LogP contribution in [-0.4, -0.2) is 60.2 Å². The molecular weight excluding hydrogens is 248 g/mol. The molecule has 0 aromatic carbocycles. The SMILES string of the molecule is NC(=S)c1cn([C@@H]2O[C@H](CO)[C@@H](O)[C@H]2O)nn1. The highest BCUT2D eigenvalue weighted by Crippen LogP contribution is 2.28. The molecule has 9 heteroatoms. The largest absolute Gasteiger partial charge is 0.394 e. The molecule has 2 heterocycles. The van der Waals surface area contributed by atoms with Gasteiger partial charge in [0.1, 0.15) is 29.0 Å². The van der Waals surface area contributed by atoms with Gasteiger partial charge in [-0.1, -0.05) is 17.4 Å². The van der Waals surface area contributed by atoms with E-state index in [0.29, 0.717) is 0 Å². The van der Waals surface area contributed by atoms with Crippen LogP contribution in [0.1, 0.15) is 11.9 Å². The molecule has 1 fully saturated rings. The lowest BCUT2D eigenvalue weighted by molar-refractivity contribution is -0.0594. The van der Waals surface area contributed by atoms with E-state index in [1.807, 2.05) is 0 Å². The van der Waals surface area contributed by atoms with Crippen molar-refractivity contribution in [3.63, 3.8) is 0 Å². The third kappa shape index (κ3) is 2.15. The van der Waals surface area contributed by atoms with Crippen molar-refractivity contribution in [1.82, 2.24) is 15.0 Å². The fourth-order valence-corrected chi connectivity index (χ4v) is 1.71. The number of rotatable bonds is 3. The summed E-state index contributed by atoms with van der Waals surface area (Å²) < 4.78 is 6.45. The summed E-state index contributed by atoms with van der Waals surface area (Å²) in [6, 6.07) is 0. The van der Waals surface area contributed by atoms with Gasteiger partial charge < -0.3 is 25.8 Å². The van der Waals surface area contributed by atoms with Crippen molar-refractivity contribution in [1.29, 1.82) is 0 Å². The normalized spacial score (nSPS) is 32.9. The minimum Gasteiger partial charge on any atom is -0.394 e. The Morgan fingerprint density at radius 3 is 2.71 bits per heavy atom. The summed E-state index contributed by atoms with van der Waals surface area (Å²) in [6.07, 6.45) is -2.75. The molecule has 2 rings (SSSR count). The number of ether oxygens (including phenoxy) is 1. The first kappa shape index (κ1) is 12.3. The van der Waals surface area contributed by atoms with E-state index in [1.165, 1.54) is 10.9 Å². The Bertz CT molecular complexity index is 425. The molecule has 4 atom stereocenters. The second-order valence-electron chi connectivity index (χ2n) is 3.68. The van der Waals surface area contributed by atoms with Crippen LogP contribution in [0.5, 0.6) is 0 Å². The van der Waals surface area contributed by atoms with Gasteiger partial charge in [-0.3, -0.25) is 0 Å². The van der Waals surface area contributed by atoms with E-state index in [2.05, 4.69) is 10.3 Å². The maximum absolute atomic E-state index is 9.72. The highest BCUT2D eigenvalue weighted by atomic mass is 32.1. The van der Waals surface area contributed by atoms with Crippen LogP contribution in [0.3, 0.4) is 0 Å². The summed E-state index contributed by atoms with van der Waals surface area (Å²) in [6.45, 7) is -0.397. The molecule has 0 spiro atoms. The number of nitrogens with zero attached hydrogens (tertiary/aromatic N) is 3. The van der Waals surface area contributed by atoms with Crippen LogP contribution >= 0.6 is 12.2 Å². The van der Waals surface area contributed by atoms with E-state index in [-0.39, 0.29) is 10.7 Å². The number of nitrogens with two attached hydrogens (primary N) is 1. The summed E-state index contributed by atoms with van der Waals surface area (Å²) in [4.78, 5) is 0.0722. The third-order valence-corrected chi connectivity index (χ3v) is 2.75. The number of aromatic nitrogens is 3. The van der Waals surface area contributed by atoms with Crippen molar-refractivity contribution in [2.75, 3.05) is 6.61 Å². The second-order valence-corrected chi connectivity index (χ2v) is 4.12. The van der Waals surface area contributed by atoms with Crippen LogP contribution < -0.4 is 5.73 Å². The molecule has 0 amide bonds. The van der Waals surface area contributed by atoms with Gasteiger partial charge in [-0.05, 0) is 0 Å². The van der Waals surface area contributed by atoms with Gasteiger partial charge in [0.2, 0.25) is 0 Å². The molecule has 1 saturated heterocycles. The number of thiocarbonyl (C=S) groups is 1. The van der Waals surface area contributed by atoms with Crippen molar-refractivity contribution < 1.29 is 20.1 Å². The maximum atomic E-state index is 9.72. The Labute approximate surface area is 102 Å². The van der Waals surface area contributed by atoms with Crippen molar-refractivity contribution in [2.24, 2.45) is 5.73 Å². The molecule has 0 bridgehead atoms. The summed E-state index contributed by atoms with van der Waals surface area (Å²) in [5.74, 6) is 0. The molecule has 0 unspecified atom stereocenters. The Hall–Kier alpha value is -1.13. The third-order valence-electron chi connectivity index (χ3n) is 2.54. The van der Waals surface area contributed by atoms with Crippen LogP contribution in [0.25, 0.3) is 0 Å². The quantitative estimate of drug-likeness (QED) is 0.440. The summed E-state index contributed by atoms with van der Waals surface area (Å²) in [5, 5.41) is 35.6. The Morgan fingerprint density at radius 1 is 1.53 bits per heavy atom. The minimum absolute atomic E-state index is 0.0722. The molecule has 1 aromatic heterocycles. The predicted octanol–water partition coefficient (Wildman–Crippen LogP) is -2.48. The molecule has 1 aromatic rings. The zero-order valence-electron chi connectivity index (χ0n) is 8.67. The van der Waals surface area contributed by atoms with Gasteiger partial charge in [0, 0.05) is 0 Å². The number of hydrogen-bond acceptors (Lipinski definition) is 7. The van der Waals surface area contributed by atoms with E-state index in [0.717, 1.165) is 0 Å². The molecule has 17 heavy (non-hydrogen) atoms. The van der Waals surface area contributed by atoms with Gasteiger partial charge in [-0.15, -0.1) is 5.10 Å². The van der Waals surface area contributed by atoms with Gasteiger partial charge >= 0.3 is 0 Å². The maximum Gasteiger partial charge on any atom is 0.180 e. The number of hydrogen-bond donors (Lipinski definition) is 4. The van der Waals surface area contributed by atoms with Crippen molar-refractivity contribution in [3.8, 4) is 0 Å². The van der Waals surface area contributed by atoms with Crippen LogP contribution in [0.4, 0.5) is 0 Å². The van der Waals surface area contributed by atoms with E-state index in [1.54, 1.807) is 0 Å². The molecule has 5 N–H and O–H groups in total. The van der Waals surface area contributed by atoms with Crippen LogP contribution in [0.15, 0.2) is 6.20 Å². The molecule has 8 nitrogen and oxygen atoms in total. The van der Waals surface area contributed by atoms with Gasteiger partial charge in [0.25, 0.3) is 0 Å². The lowest BCUT2D eigenvalue weighted by Gasteiger charge is -2.13. The van der Waals surface area contributed by atoms with E-state index in [9.17, 15) is 10.2 Å². The first-order valence-electron chi connectivity index (χ1n) is 4.88.